The van der Waals surface area contributed by atoms with Gasteiger partial charge in [0, 0.05) is 6.92 Å². The van der Waals surface area contributed by atoms with Crippen LogP contribution in [0.15, 0.2) is 31.0 Å². The lowest BCUT2D eigenvalue weighted by atomic mass is 9.95. The fourth-order valence-electron chi connectivity index (χ4n) is 4.64. The second-order valence-electron chi connectivity index (χ2n) is 9.25. The third-order valence-corrected chi connectivity index (χ3v) is 6.24. The molecule has 0 saturated carbocycles. The van der Waals surface area contributed by atoms with Gasteiger partial charge in [0.15, 0.2) is 17.7 Å². The van der Waals surface area contributed by atoms with Crippen LogP contribution in [0.3, 0.4) is 0 Å². The molecule has 192 valence electrons. The SMILES string of the molecule is C=CCO[C@H]1O[C@H](c2cn(Cc3c(C)nc4ccc(Cl)nn34)nn2)[C@@H]2OC(C)(C)O[C@@H]2[C@H]1NC(C)=O. The van der Waals surface area contributed by atoms with E-state index in [1.165, 1.54) is 6.92 Å². The van der Waals surface area contributed by atoms with Crippen LogP contribution in [0.5, 0.6) is 0 Å². The minimum atomic E-state index is -0.893. The molecule has 5 rings (SSSR count). The van der Waals surface area contributed by atoms with E-state index in [1.54, 1.807) is 27.5 Å². The van der Waals surface area contributed by atoms with Crippen molar-refractivity contribution in [1.29, 1.82) is 0 Å². The Hall–Kier alpha value is -2.90. The lowest BCUT2D eigenvalue weighted by molar-refractivity contribution is -0.244. The summed E-state index contributed by atoms with van der Waals surface area (Å²) in [6, 6.07) is 2.92. The molecule has 0 unspecified atom stereocenters. The van der Waals surface area contributed by atoms with Gasteiger partial charge >= 0.3 is 0 Å². The molecule has 12 nitrogen and oxygen atoms in total. The van der Waals surface area contributed by atoms with Crippen LogP contribution >= 0.6 is 11.6 Å². The molecule has 13 heteroatoms. The quantitative estimate of drug-likeness (QED) is 0.468. The van der Waals surface area contributed by atoms with Crippen LogP contribution in [0.25, 0.3) is 5.65 Å². The highest BCUT2D eigenvalue weighted by atomic mass is 35.5. The maximum atomic E-state index is 11.9. The highest BCUT2D eigenvalue weighted by Crippen LogP contribution is 2.43. The first-order valence-electron chi connectivity index (χ1n) is 11.6. The fourth-order valence-corrected chi connectivity index (χ4v) is 4.78. The number of carbonyl (C=O) groups is 1. The lowest BCUT2D eigenvalue weighted by Gasteiger charge is -2.41. The average Bonchev–Trinajstić information content (AvgIpc) is 3.49. The molecular weight excluding hydrogens is 490 g/mol. The van der Waals surface area contributed by atoms with Crippen molar-refractivity contribution >= 4 is 23.2 Å². The number of halogens is 1. The molecule has 1 N–H and O–H groups in total. The number of imidazole rings is 1. The Morgan fingerprint density at radius 1 is 1.33 bits per heavy atom. The van der Waals surface area contributed by atoms with Crippen LogP contribution in [-0.4, -0.2) is 72.4 Å². The Balaban J connectivity index is 1.44. The number of aryl methyl sites for hydroxylation is 1. The predicted molar refractivity (Wildman–Crippen MR) is 127 cm³/mol. The van der Waals surface area contributed by atoms with Crippen LogP contribution in [0.2, 0.25) is 5.15 Å². The molecule has 0 aromatic carbocycles. The summed E-state index contributed by atoms with van der Waals surface area (Å²) in [5.74, 6) is -1.13. The first-order valence-corrected chi connectivity index (χ1v) is 11.9. The van der Waals surface area contributed by atoms with Gasteiger partial charge in [0.25, 0.3) is 0 Å². The molecule has 5 atom stereocenters. The molecule has 36 heavy (non-hydrogen) atoms. The number of fused-ring (bicyclic) bond motifs is 2. The predicted octanol–water partition coefficient (Wildman–Crippen LogP) is 1.96. The number of nitrogens with zero attached hydrogens (tertiary/aromatic N) is 6. The average molecular weight is 518 g/mol. The van der Waals surface area contributed by atoms with Crippen molar-refractivity contribution < 1.29 is 23.7 Å². The van der Waals surface area contributed by atoms with E-state index in [0.717, 1.165) is 11.4 Å². The topological polar surface area (TPSA) is 127 Å². The van der Waals surface area contributed by atoms with Crippen LogP contribution < -0.4 is 5.32 Å². The van der Waals surface area contributed by atoms with Crippen molar-refractivity contribution in [1.82, 2.24) is 34.9 Å². The van der Waals surface area contributed by atoms with Gasteiger partial charge in [0.1, 0.15) is 35.2 Å². The first-order chi connectivity index (χ1) is 17.1. The van der Waals surface area contributed by atoms with E-state index in [-0.39, 0.29) is 12.5 Å². The third kappa shape index (κ3) is 4.74. The molecule has 1 amide bonds. The number of rotatable bonds is 7. The lowest BCUT2D eigenvalue weighted by Crippen LogP contribution is -2.60. The second-order valence-corrected chi connectivity index (χ2v) is 9.64. The molecule has 3 aromatic rings. The van der Waals surface area contributed by atoms with Gasteiger partial charge < -0.3 is 24.3 Å². The number of aromatic nitrogens is 6. The smallest absolute Gasteiger partial charge is 0.217 e. The van der Waals surface area contributed by atoms with Crippen molar-refractivity contribution in [3.8, 4) is 0 Å². The zero-order chi connectivity index (χ0) is 25.6. The molecule has 2 saturated heterocycles. The van der Waals surface area contributed by atoms with Gasteiger partial charge in [-0.3, -0.25) is 4.79 Å². The Labute approximate surface area is 212 Å². The number of nitrogens with one attached hydrogen (secondary N) is 1. The van der Waals surface area contributed by atoms with E-state index < -0.39 is 36.4 Å². The van der Waals surface area contributed by atoms with E-state index in [2.05, 4.69) is 32.3 Å². The van der Waals surface area contributed by atoms with Gasteiger partial charge in [0.05, 0.1) is 30.7 Å². The van der Waals surface area contributed by atoms with Gasteiger partial charge in [-0.15, -0.1) is 11.7 Å². The Bertz CT molecular complexity index is 1290. The highest BCUT2D eigenvalue weighted by Gasteiger charge is 2.56. The summed E-state index contributed by atoms with van der Waals surface area (Å²) in [6.45, 7) is 11.3. The maximum Gasteiger partial charge on any atom is 0.217 e. The molecule has 2 aliphatic heterocycles. The summed E-state index contributed by atoms with van der Waals surface area (Å²) < 4.78 is 27.9. The minimum Gasteiger partial charge on any atom is -0.346 e. The van der Waals surface area contributed by atoms with Gasteiger partial charge in [-0.05, 0) is 32.9 Å². The first kappa shape index (κ1) is 24.8. The van der Waals surface area contributed by atoms with Crippen molar-refractivity contribution in [2.45, 2.75) is 70.7 Å². The number of carbonyl (C=O) groups excluding carboxylic acids is 1. The van der Waals surface area contributed by atoms with E-state index >= 15 is 0 Å². The third-order valence-electron chi connectivity index (χ3n) is 6.04. The van der Waals surface area contributed by atoms with Gasteiger partial charge in [-0.25, -0.2) is 14.2 Å². The Morgan fingerprint density at radius 2 is 2.11 bits per heavy atom. The van der Waals surface area contributed by atoms with Gasteiger partial charge in [-0.1, -0.05) is 22.9 Å². The molecule has 0 aliphatic carbocycles. The number of hydrogen-bond acceptors (Lipinski definition) is 9. The van der Waals surface area contributed by atoms with Gasteiger partial charge in [0.2, 0.25) is 5.91 Å². The minimum absolute atomic E-state index is 0.227. The van der Waals surface area contributed by atoms with E-state index in [4.69, 9.17) is 30.5 Å². The summed E-state index contributed by atoms with van der Waals surface area (Å²) in [4.78, 5) is 16.5. The zero-order valence-corrected chi connectivity index (χ0v) is 21.2. The molecule has 0 spiro atoms. The Morgan fingerprint density at radius 3 is 2.86 bits per heavy atom. The summed E-state index contributed by atoms with van der Waals surface area (Å²) in [5, 5.41) is 16.3. The highest BCUT2D eigenvalue weighted by molar-refractivity contribution is 6.29. The van der Waals surface area contributed by atoms with Crippen molar-refractivity contribution in [3.63, 3.8) is 0 Å². The largest absolute Gasteiger partial charge is 0.346 e. The van der Waals surface area contributed by atoms with E-state index in [0.29, 0.717) is 23.0 Å². The molecule has 0 radical (unpaired) electrons. The maximum absolute atomic E-state index is 11.9. The van der Waals surface area contributed by atoms with Crippen molar-refractivity contribution in [3.05, 3.63) is 53.2 Å². The zero-order valence-electron chi connectivity index (χ0n) is 20.4. The van der Waals surface area contributed by atoms with Crippen molar-refractivity contribution in [2.75, 3.05) is 6.61 Å². The van der Waals surface area contributed by atoms with Crippen LogP contribution in [0.4, 0.5) is 0 Å². The van der Waals surface area contributed by atoms with E-state index in [1.807, 2.05) is 26.8 Å². The fraction of sp³-hybridized carbons (Fsp3) is 0.522. The molecule has 2 aliphatic rings. The summed E-state index contributed by atoms with van der Waals surface area (Å²) >= 11 is 6.10. The summed E-state index contributed by atoms with van der Waals surface area (Å²) in [5.41, 5.74) is 2.86. The standard InChI is InChI=1S/C23H28ClN7O5/c1-6-9-33-22-18(26-13(3)32)20-21(36-23(4,5)35-20)19(34-22)14-10-30(29-27-14)11-15-12(2)25-17-8-7-16(24)28-31(15)17/h6-8,10,18-22H,1,9,11H2,2-5H3,(H,26,32)/t18-,19-,20-,21+,22+/m1/s1. The number of amides is 1. The molecule has 3 aromatic heterocycles. The summed E-state index contributed by atoms with van der Waals surface area (Å²) in [6.07, 6.45) is 0.844. The Kier molecular flexibility index (Phi) is 6.55. The normalized spacial score (nSPS) is 27.2. The monoisotopic (exact) mass is 517 g/mol. The second kappa shape index (κ2) is 9.52. The molecule has 0 bridgehead atoms. The molecule has 5 heterocycles. The molecule has 2 fully saturated rings. The van der Waals surface area contributed by atoms with Crippen molar-refractivity contribution in [2.24, 2.45) is 0 Å². The number of hydrogen-bond donors (Lipinski definition) is 1. The number of ether oxygens (including phenoxy) is 4. The van der Waals surface area contributed by atoms with Crippen LogP contribution in [-0.2, 0) is 30.3 Å². The van der Waals surface area contributed by atoms with E-state index in [9.17, 15) is 4.79 Å². The van der Waals surface area contributed by atoms with Crippen LogP contribution in [0.1, 0.15) is 44.0 Å². The van der Waals surface area contributed by atoms with Gasteiger partial charge in [-0.2, -0.15) is 5.10 Å². The van der Waals surface area contributed by atoms with Crippen LogP contribution in [0, 0.1) is 6.92 Å². The molecular formula is C23H28ClN7O5. The summed E-state index contributed by atoms with van der Waals surface area (Å²) in [7, 11) is 0.